The van der Waals surface area contributed by atoms with Crippen LogP contribution in [0.3, 0.4) is 0 Å². The van der Waals surface area contributed by atoms with Gasteiger partial charge in [0.25, 0.3) is 0 Å². The molecule has 6 heteroatoms. The number of aromatic nitrogens is 1. The molecule has 0 amide bonds. The number of hydrogen-bond acceptors (Lipinski definition) is 3. The minimum absolute atomic E-state index is 0. The average molecular weight is 317 g/mol. The molecule has 0 fully saturated rings. The fourth-order valence-corrected chi connectivity index (χ4v) is 2.89. The molecule has 0 bridgehead atoms. The van der Waals surface area contributed by atoms with Gasteiger partial charge in [-0.3, -0.25) is 4.21 Å². The van der Waals surface area contributed by atoms with Gasteiger partial charge >= 0.3 is 29.6 Å². The summed E-state index contributed by atoms with van der Waals surface area (Å²) in [7, 11) is 0. The van der Waals surface area contributed by atoms with E-state index in [0.29, 0.717) is 21.9 Å². The Morgan fingerprint density at radius 3 is 2.48 bits per heavy atom. The van der Waals surface area contributed by atoms with Crippen LogP contribution in [0.5, 0.6) is 5.75 Å². The summed E-state index contributed by atoms with van der Waals surface area (Å²) in [5.74, 6) is 1.06. The van der Waals surface area contributed by atoms with E-state index in [1.807, 2.05) is 36.6 Å². The maximum atomic E-state index is 11.5. The van der Waals surface area contributed by atoms with E-state index in [0.717, 1.165) is 12.1 Å². The van der Waals surface area contributed by atoms with E-state index in [2.05, 4.69) is 13.8 Å². The molecule has 2 aromatic rings. The maximum absolute atomic E-state index is 11.5. The fraction of sp³-hybridized carbons (Fsp3) is 0.467. The Morgan fingerprint density at radius 2 is 1.95 bits per heavy atom. The topological polar surface area (TPSA) is 54.3 Å². The van der Waals surface area contributed by atoms with E-state index in [1.54, 1.807) is 6.20 Å². The van der Waals surface area contributed by atoms with Crippen molar-refractivity contribution in [2.45, 2.75) is 45.2 Å². The molecule has 0 aliphatic heterocycles. The van der Waals surface area contributed by atoms with Crippen molar-refractivity contribution in [1.82, 2.24) is 4.57 Å². The molecule has 0 spiro atoms. The number of rotatable bonds is 5. The Bertz CT molecular complexity index is 637. The van der Waals surface area contributed by atoms with Gasteiger partial charge in [-0.25, -0.2) is 0 Å². The Labute approximate surface area is 150 Å². The number of nitrogens with zero attached hydrogens (tertiary/aromatic N) is 1. The molecule has 0 saturated carbocycles. The first kappa shape index (κ1) is 18.7. The molecule has 21 heavy (non-hydrogen) atoms. The van der Waals surface area contributed by atoms with Crippen molar-refractivity contribution in [2.24, 2.45) is 5.92 Å². The third kappa shape index (κ3) is 4.33. The van der Waals surface area contributed by atoms with Crippen LogP contribution in [0.4, 0.5) is 0 Å². The Kier molecular flexibility index (Phi) is 6.94. The van der Waals surface area contributed by atoms with E-state index in [1.165, 1.54) is 0 Å². The third-order valence-electron chi connectivity index (χ3n) is 2.94. The molecule has 0 N–H and O–H groups in total. The molecule has 110 valence electrons. The molecule has 0 saturated heterocycles. The summed E-state index contributed by atoms with van der Waals surface area (Å²) >= 11 is -2.27. The minimum atomic E-state index is -2.27. The molecule has 1 atom stereocenters. The summed E-state index contributed by atoms with van der Waals surface area (Å²) in [6.45, 7) is 8.84. The Morgan fingerprint density at radius 1 is 1.29 bits per heavy atom. The molecule has 1 aromatic heterocycles. The van der Waals surface area contributed by atoms with Crippen molar-refractivity contribution in [3.05, 3.63) is 24.4 Å². The van der Waals surface area contributed by atoms with Gasteiger partial charge < -0.3 is 13.9 Å². The molecule has 4 nitrogen and oxygen atoms in total. The van der Waals surface area contributed by atoms with Crippen molar-refractivity contribution < 1.29 is 43.1 Å². The van der Waals surface area contributed by atoms with E-state index in [-0.39, 0.29) is 35.7 Å². The van der Waals surface area contributed by atoms with Crippen LogP contribution in [0.2, 0.25) is 0 Å². The zero-order valence-corrected chi connectivity index (χ0v) is 16.1. The second kappa shape index (κ2) is 7.79. The van der Waals surface area contributed by atoms with Crippen LogP contribution in [0.25, 0.3) is 10.9 Å². The molecule has 1 heterocycles. The number of hydrogen-bond donors (Lipinski definition) is 0. The molecular formula is C15H20NNaO3S. The zero-order chi connectivity index (χ0) is 14.9. The van der Waals surface area contributed by atoms with Gasteiger partial charge in [0.15, 0.2) is 0 Å². The van der Waals surface area contributed by atoms with Crippen LogP contribution in [0.1, 0.15) is 27.7 Å². The largest absolute Gasteiger partial charge is 1.00 e. The minimum Gasteiger partial charge on any atom is -0.768 e. The first-order chi connectivity index (χ1) is 9.40. The van der Waals surface area contributed by atoms with E-state index >= 15 is 0 Å². The Balaban J connectivity index is 0.00000220. The monoisotopic (exact) mass is 317 g/mol. The van der Waals surface area contributed by atoms with Gasteiger partial charge in [-0.05, 0) is 43.0 Å². The van der Waals surface area contributed by atoms with Gasteiger partial charge in [0.05, 0.1) is 21.9 Å². The quantitative estimate of drug-likeness (QED) is 0.590. The van der Waals surface area contributed by atoms with Crippen molar-refractivity contribution >= 4 is 22.0 Å². The summed E-state index contributed by atoms with van der Waals surface area (Å²) in [5.41, 5.74) is 0.899. The van der Waals surface area contributed by atoms with Crippen LogP contribution in [-0.2, 0) is 17.6 Å². The van der Waals surface area contributed by atoms with Gasteiger partial charge in [0.1, 0.15) is 5.75 Å². The van der Waals surface area contributed by atoms with Crippen LogP contribution in [0.15, 0.2) is 29.3 Å². The SMILES string of the molecule is CC(C)Cn1cc(S(=O)[O-])c2c(OC(C)C)cccc21.[Na+]. The smallest absolute Gasteiger partial charge is 0.768 e. The zero-order valence-electron chi connectivity index (χ0n) is 13.3. The van der Waals surface area contributed by atoms with Gasteiger partial charge in [-0.2, -0.15) is 0 Å². The Hall–Kier alpha value is -0.330. The molecule has 0 radical (unpaired) electrons. The molecule has 1 unspecified atom stereocenters. The van der Waals surface area contributed by atoms with Crippen molar-refractivity contribution in [2.75, 3.05) is 0 Å². The third-order valence-corrected chi connectivity index (χ3v) is 3.61. The van der Waals surface area contributed by atoms with Crippen LogP contribution in [-0.4, -0.2) is 19.4 Å². The first-order valence-corrected chi connectivity index (χ1v) is 7.85. The van der Waals surface area contributed by atoms with E-state index < -0.39 is 11.1 Å². The van der Waals surface area contributed by atoms with Crippen molar-refractivity contribution in [1.29, 1.82) is 0 Å². The summed E-state index contributed by atoms with van der Waals surface area (Å²) in [6, 6.07) is 5.65. The number of benzene rings is 1. The second-order valence-electron chi connectivity index (χ2n) is 5.59. The van der Waals surface area contributed by atoms with E-state index in [4.69, 9.17) is 4.74 Å². The van der Waals surface area contributed by atoms with Crippen LogP contribution >= 0.6 is 0 Å². The first-order valence-electron chi connectivity index (χ1n) is 6.78. The van der Waals surface area contributed by atoms with Gasteiger partial charge in [0.2, 0.25) is 0 Å². The van der Waals surface area contributed by atoms with Crippen molar-refractivity contribution in [3.8, 4) is 5.75 Å². The predicted octanol–water partition coefficient (Wildman–Crippen LogP) is 0.327. The summed E-state index contributed by atoms with van der Waals surface area (Å²) < 4.78 is 30.7. The van der Waals surface area contributed by atoms with Crippen LogP contribution < -0.4 is 34.3 Å². The van der Waals surface area contributed by atoms with E-state index in [9.17, 15) is 8.76 Å². The molecule has 2 rings (SSSR count). The molecular weight excluding hydrogens is 297 g/mol. The summed E-state index contributed by atoms with van der Waals surface area (Å²) in [4.78, 5) is 0.303. The predicted molar refractivity (Wildman–Crippen MR) is 79.7 cm³/mol. The van der Waals surface area contributed by atoms with Crippen LogP contribution in [0, 0.1) is 5.92 Å². The average Bonchev–Trinajstić information content (AvgIpc) is 2.68. The second-order valence-corrected chi connectivity index (χ2v) is 6.50. The summed E-state index contributed by atoms with van der Waals surface area (Å²) in [6.07, 6.45) is 1.70. The molecule has 0 aliphatic carbocycles. The number of ether oxygens (including phenoxy) is 1. The van der Waals surface area contributed by atoms with Crippen molar-refractivity contribution in [3.63, 3.8) is 0 Å². The van der Waals surface area contributed by atoms with Gasteiger partial charge in [0, 0.05) is 12.7 Å². The maximum Gasteiger partial charge on any atom is 1.00 e. The standard InChI is InChI=1S/C15H21NO3S.Na/c1-10(2)8-16-9-14(20(17)18)15-12(16)6-5-7-13(15)19-11(3)4;/h5-7,9-11H,8H2,1-4H3,(H,17,18);/q;+1/p-1. The van der Waals surface area contributed by atoms with Gasteiger partial charge in [-0.1, -0.05) is 19.9 Å². The van der Waals surface area contributed by atoms with Gasteiger partial charge in [-0.15, -0.1) is 0 Å². The number of fused-ring (bicyclic) bond motifs is 1. The summed E-state index contributed by atoms with van der Waals surface area (Å²) in [5, 5.41) is 0.676. The molecule has 1 aromatic carbocycles. The molecule has 0 aliphatic rings. The normalized spacial score (nSPS) is 12.7. The fourth-order valence-electron chi connectivity index (χ4n) is 2.31.